The Hall–Kier alpha value is -2.02. The third-order valence-corrected chi connectivity index (χ3v) is 5.42. The quantitative estimate of drug-likeness (QED) is 0.506. The molecular formula is C19H13BrCl2N2O3. The first-order valence-electron chi connectivity index (χ1n) is 8.00. The average molecular weight is 468 g/mol. The average Bonchev–Trinajstić information content (AvgIpc) is 2.97. The van der Waals surface area contributed by atoms with Gasteiger partial charge in [0.25, 0.3) is 0 Å². The number of carbonyl (C=O) groups is 1. The Bertz CT molecular complexity index is 1110. The normalized spacial score (nSPS) is 14.3. The van der Waals surface area contributed by atoms with Gasteiger partial charge in [-0.25, -0.2) is 9.48 Å². The number of nitrogens with zero attached hydrogens (tertiary/aromatic N) is 2. The number of fused-ring (bicyclic) bond motifs is 3. The van der Waals surface area contributed by atoms with Crippen molar-refractivity contribution in [3.63, 3.8) is 0 Å². The Morgan fingerprint density at radius 1 is 1.22 bits per heavy atom. The summed E-state index contributed by atoms with van der Waals surface area (Å²) in [6.07, 6.45) is 0. The van der Waals surface area contributed by atoms with Gasteiger partial charge in [-0.05, 0) is 50.2 Å². The van der Waals surface area contributed by atoms with Gasteiger partial charge in [0.1, 0.15) is 11.4 Å². The van der Waals surface area contributed by atoms with E-state index in [1.54, 1.807) is 22.9 Å². The Kier molecular flexibility index (Phi) is 4.25. The maximum Gasteiger partial charge on any atom is 0.356 e. The number of aromatic carboxylic acids is 1. The van der Waals surface area contributed by atoms with Gasteiger partial charge in [-0.15, -0.1) is 0 Å². The highest BCUT2D eigenvalue weighted by Gasteiger charge is 2.41. The number of hydrogen-bond acceptors (Lipinski definition) is 3. The molecule has 0 bridgehead atoms. The number of carboxylic acid groups (broad SMARTS) is 1. The van der Waals surface area contributed by atoms with Crippen molar-refractivity contribution in [3.8, 4) is 22.7 Å². The van der Waals surface area contributed by atoms with Gasteiger partial charge in [0.2, 0.25) is 0 Å². The van der Waals surface area contributed by atoms with Crippen molar-refractivity contribution in [2.45, 2.75) is 19.4 Å². The van der Waals surface area contributed by atoms with Crippen molar-refractivity contribution in [1.29, 1.82) is 0 Å². The first-order chi connectivity index (χ1) is 12.7. The molecule has 5 nitrogen and oxygen atoms in total. The summed E-state index contributed by atoms with van der Waals surface area (Å²) >= 11 is 15.9. The molecule has 0 amide bonds. The van der Waals surface area contributed by atoms with Crippen LogP contribution in [0.4, 0.5) is 0 Å². The highest BCUT2D eigenvalue weighted by Crippen LogP contribution is 2.48. The maximum atomic E-state index is 11.9. The third-order valence-electron chi connectivity index (χ3n) is 4.39. The smallest absolute Gasteiger partial charge is 0.356 e. The molecule has 1 N–H and O–H groups in total. The van der Waals surface area contributed by atoms with Crippen LogP contribution in [0.3, 0.4) is 0 Å². The number of benzene rings is 2. The molecule has 0 fully saturated rings. The maximum absolute atomic E-state index is 11.9. The summed E-state index contributed by atoms with van der Waals surface area (Å²) in [7, 11) is 0. The zero-order valence-electron chi connectivity index (χ0n) is 14.3. The van der Waals surface area contributed by atoms with Gasteiger partial charge < -0.3 is 9.84 Å². The van der Waals surface area contributed by atoms with E-state index in [9.17, 15) is 9.90 Å². The molecule has 1 aliphatic heterocycles. The molecule has 0 aliphatic carbocycles. The minimum Gasteiger partial charge on any atom is -0.482 e. The van der Waals surface area contributed by atoms with E-state index >= 15 is 0 Å². The molecule has 0 saturated carbocycles. The molecule has 8 heteroatoms. The van der Waals surface area contributed by atoms with E-state index in [4.69, 9.17) is 27.9 Å². The van der Waals surface area contributed by atoms with E-state index in [0.29, 0.717) is 32.7 Å². The molecule has 1 aromatic heterocycles. The summed E-state index contributed by atoms with van der Waals surface area (Å²) in [5.41, 5.74) is 1.42. The third kappa shape index (κ3) is 2.92. The van der Waals surface area contributed by atoms with E-state index in [0.717, 1.165) is 10.0 Å². The fourth-order valence-corrected chi connectivity index (χ4v) is 4.17. The first kappa shape index (κ1) is 18.3. The van der Waals surface area contributed by atoms with Crippen LogP contribution in [0.5, 0.6) is 5.75 Å². The lowest BCUT2D eigenvalue weighted by molar-refractivity contribution is 0.0665. The molecule has 2 aromatic carbocycles. The van der Waals surface area contributed by atoms with Gasteiger partial charge in [-0.2, -0.15) is 5.10 Å². The van der Waals surface area contributed by atoms with Gasteiger partial charge in [0.15, 0.2) is 5.69 Å². The highest BCUT2D eigenvalue weighted by molar-refractivity contribution is 9.10. The molecule has 1 aliphatic rings. The monoisotopic (exact) mass is 466 g/mol. The lowest BCUT2D eigenvalue weighted by atomic mass is 9.89. The van der Waals surface area contributed by atoms with Crippen molar-refractivity contribution in [2.24, 2.45) is 0 Å². The van der Waals surface area contributed by atoms with Crippen LogP contribution in [-0.2, 0) is 5.60 Å². The van der Waals surface area contributed by atoms with Crippen molar-refractivity contribution in [2.75, 3.05) is 0 Å². The van der Waals surface area contributed by atoms with Crippen molar-refractivity contribution >= 4 is 45.1 Å². The first-order valence-corrected chi connectivity index (χ1v) is 9.55. The second-order valence-electron chi connectivity index (χ2n) is 6.64. The fraction of sp³-hybridized carbons (Fsp3) is 0.158. The van der Waals surface area contributed by atoms with Crippen LogP contribution < -0.4 is 4.74 Å². The second kappa shape index (κ2) is 6.26. The second-order valence-corrected chi connectivity index (χ2v) is 8.40. The van der Waals surface area contributed by atoms with Crippen molar-refractivity contribution in [3.05, 3.63) is 62.2 Å². The minimum absolute atomic E-state index is 0.0772. The van der Waals surface area contributed by atoms with E-state index in [-0.39, 0.29) is 5.69 Å². The predicted molar refractivity (Wildman–Crippen MR) is 107 cm³/mol. The molecule has 3 aromatic rings. The number of ether oxygens (including phenoxy) is 1. The zero-order chi connectivity index (χ0) is 19.5. The van der Waals surface area contributed by atoms with E-state index in [1.807, 2.05) is 32.0 Å². The van der Waals surface area contributed by atoms with Crippen LogP contribution in [0.15, 0.2) is 40.9 Å². The molecule has 0 spiro atoms. The Balaban J connectivity index is 2.13. The highest BCUT2D eigenvalue weighted by atomic mass is 79.9. The molecular weight excluding hydrogens is 455 g/mol. The number of rotatable bonds is 2. The van der Waals surface area contributed by atoms with Crippen LogP contribution in [-0.4, -0.2) is 20.9 Å². The summed E-state index contributed by atoms with van der Waals surface area (Å²) in [5.74, 6) is -0.496. The van der Waals surface area contributed by atoms with Gasteiger partial charge in [0, 0.05) is 15.1 Å². The van der Waals surface area contributed by atoms with E-state index in [1.165, 1.54) is 0 Å². The Morgan fingerprint density at radius 2 is 1.96 bits per heavy atom. The summed E-state index contributed by atoms with van der Waals surface area (Å²) < 4.78 is 8.48. The largest absolute Gasteiger partial charge is 0.482 e. The molecule has 4 rings (SSSR count). The summed E-state index contributed by atoms with van der Waals surface area (Å²) in [6, 6.07) is 10.6. The number of halogens is 3. The SMILES string of the molecule is CC1(C)Oc2ccc(Br)cc2-c2c1c(C(=O)O)nn2-c1ccc(Cl)cc1Cl. The van der Waals surface area contributed by atoms with Gasteiger partial charge in [-0.1, -0.05) is 39.1 Å². The predicted octanol–water partition coefficient (Wildman–Crippen LogP) is 5.93. The van der Waals surface area contributed by atoms with E-state index in [2.05, 4.69) is 21.0 Å². The zero-order valence-corrected chi connectivity index (χ0v) is 17.4. The number of aromatic nitrogens is 2. The number of carboxylic acids is 1. The van der Waals surface area contributed by atoms with Crippen LogP contribution in [0.1, 0.15) is 29.9 Å². The molecule has 0 unspecified atom stereocenters. The standard InChI is InChI=1S/C19H13BrCl2N2O3/c1-19(2)15-16(18(25)26)23-24(13-5-4-10(21)8-12(13)22)17(15)11-7-9(20)3-6-14(11)27-19/h3-8H,1-2H3,(H,25,26). The molecule has 0 radical (unpaired) electrons. The van der Waals surface area contributed by atoms with Crippen molar-refractivity contribution in [1.82, 2.24) is 9.78 Å². The van der Waals surface area contributed by atoms with Crippen LogP contribution in [0.2, 0.25) is 10.0 Å². The molecule has 0 atom stereocenters. The lowest BCUT2D eigenvalue weighted by Crippen LogP contribution is -2.31. The fourth-order valence-electron chi connectivity index (χ4n) is 3.32. The molecule has 0 saturated heterocycles. The Labute approximate surface area is 173 Å². The van der Waals surface area contributed by atoms with Gasteiger partial charge in [0.05, 0.1) is 22.0 Å². The molecule has 27 heavy (non-hydrogen) atoms. The lowest BCUT2D eigenvalue weighted by Gasteiger charge is -2.33. The minimum atomic E-state index is -1.13. The van der Waals surface area contributed by atoms with Crippen LogP contribution in [0.25, 0.3) is 16.9 Å². The van der Waals surface area contributed by atoms with Crippen LogP contribution in [0, 0.1) is 0 Å². The van der Waals surface area contributed by atoms with Gasteiger partial charge >= 0.3 is 5.97 Å². The molecule has 2 heterocycles. The molecule has 138 valence electrons. The van der Waals surface area contributed by atoms with Crippen molar-refractivity contribution < 1.29 is 14.6 Å². The summed E-state index contributed by atoms with van der Waals surface area (Å²) in [4.78, 5) is 11.9. The van der Waals surface area contributed by atoms with Gasteiger partial charge in [-0.3, -0.25) is 0 Å². The van der Waals surface area contributed by atoms with Crippen LogP contribution >= 0.6 is 39.1 Å². The topological polar surface area (TPSA) is 64.3 Å². The van der Waals surface area contributed by atoms with E-state index < -0.39 is 11.6 Å². The summed E-state index contributed by atoms with van der Waals surface area (Å²) in [6.45, 7) is 3.64. The Morgan fingerprint density at radius 3 is 2.63 bits per heavy atom. The number of hydrogen-bond donors (Lipinski definition) is 1. The summed E-state index contributed by atoms with van der Waals surface area (Å²) in [5, 5.41) is 15.0.